The normalized spacial score (nSPS) is 10.3. The summed E-state index contributed by atoms with van der Waals surface area (Å²) in [5, 5.41) is 20.3. The molecule has 0 aliphatic rings. The van der Waals surface area contributed by atoms with E-state index in [1.54, 1.807) is 13.1 Å². The number of hydrogen-bond donors (Lipinski definition) is 2. The highest BCUT2D eigenvalue weighted by atomic mass is 16.4. The van der Waals surface area contributed by atoms with E-state index < -0.39 is 5.97 Å². The number of carboxylic acids is 1. The predicted octanol–water partition coefficient (Wildman–Crippen LogP) is 0.158. The number of tetrazole rings is 1. The first-order chi connectivity index (χ1) is 7.58. The molecule has 1 aromatic carbocycles. The molecule has 16 heavy (non-hydrogen) atoms. The van der Waals surface area contributed by atoms with Crippen molar-refractivity contribution >= 4 is 11.7 Å². The van der Waals surface area contributed by atoms with Gasteiger partial charge in [0.25, 0.3) is 0 Å². The molecule has 0 saturated carbocycles. The van der Waals surface area contributed by atoms with E-state index in [0.717, 1.165) is 0 Å². The van der Waals surface area contributed by atoms with Crippen LogP contribution in [-0.4, -0.2) is 31.3 Å². The second kappa shape index (κ2) is 3.61. The number of aryl methyl sites for hydroxylation is 1. The molecule has 0 saturated heterocycles. The van der Waals surface area contributed by atoms with Crippen LogP contribution in [0.4, 0.5) is 5.69 Å². The van der Waals surface area contributed by atoms with Crippen molar-refractivity contribution in [1.82, 2.24) is 20.2 Å². The average molecular weight is 219 g/mol. The number of nitrogens with zero attached hydrogens (tertiary/aromatic N) is 4. The van der Waals surface area contributed by atoms with E-state index in [1.165, 1.54) is 16.9 Å². The van der Waals surface area contributed by atoms with Gasteiger partial charge in [-0.25, -0.2) is 4.79 Å². The molecule has 1 aromatic heterocycles. The van der Waals surface area contributed by atoms with Crippen LogP contribution in [0, 0.1) is 0 Å². The van der Waals surface area contributed by atoms with Gasteiger partial charge in [0, 0.05) is 11.3 Å². The van der Waals surface area contributed by atoms with Gasteiger partial charge < -0.3 is 10.8 Å². The van der Waals surface area contributed by atoms with Crippen LogP contribution in [-0.2, 0) is 7.05 Å². The molecule has 7 heteroatoms. The number of rotatable bonds is 2. The zero-order valence-electron chi connectivity index (χ0n) is 8.45. The molecule has 0 radical (unpaired) electrons. The molecule has 0 bridgehead atoms. The van der Waals surface area contributed by atoms with Gasteiger partial charge in [0.2, 0.25) is 5.82 Å². The van der Waals surface area contributed by atoms with Crippen LogP contribution in [0.25, 0.3) is 11.4 Å². The van der Waals surface area contributed by atoms with Gasteiger partial charge in [-0.05, 0) is 17.3 Å². The topological polar surface area (TPSA) is 107 Å². The fourth-order valence-corrected chi connectivity index (χ4v) is 1.30. The number of carboxylic acid groups (broad SMARTS) is 1. The Labute approximate surface area is 90.5 Å². The van der Waals surface area contributed by atoms with E-state index in [1.807, 2.05) is 0 Å². The summed E-state index contributed by atoms with van der Waals surface area (Å²) < 4.78 is 0. The lowest BCUT2D eigenvalue weighted by molar-refractivity contribution is 0.0698. The van der Waals surface area contributed by atoms with E-state index in [4.69, 9.17) is 10.8 Å². The highest BCUT2D eigenvalue weighted by molar-refractivity contribution is 5.94. The third-order valence-corrected chi connectivity index (χ3v) is 2.05. The minimum atomic E-state index is -1.06. The van der Waals surface area contributed by atoms with Crippen LogP contribution in [0.15, 0.2) is 18.2 Å². The smallest absolute Gasteiger partial charge is 0.337 e. The molecule has 0 fully saturated rings. The Morgan fingerprint density at radius 1 is 1.50 bits per heavy atom. The Kier molecular flexibility index (Phi) is 2.28. The number of aromatic nitrogens is 4. The van der Waals surface area contributed by atoms with Crippen molar-refractivity contribution in [1.29, 1.82) is 0 Å². The van der Waals surface area contributed by atoms with Gasteiger partial charge >= 0.3 is 5.97 Å². The van der Waals surface area contributed by atoms with Crippen LogP contribution >= 0.6 is 0 Å². The van der Waals surface area contributed by atoms with Crippen LogP contribution < -0.4 is 5.73 Å². The van der Waals surface area contributed by atoms with Crippen LogP contribution in [0.5, 0.6) is 0 Å². The highest BCUT2D eigenvalue weighted by Gasteiger charge is 2.11. The Morgan fingerprint density at radius 3 is 2.75 bits per heavy atom. The number of anilines is 1. The van der Waals surface area contributed by atoms with Crippen molar-refractivity contribution < 1.29 is 9.90 Å². The van der Waals surface area contributed by atoms with E-state index in [2.05, 4.69) is 15.4 Å². The Hall–Kier alpha value is -2.44. The molecule has 0 aliphatic carbocycles. The van der Waals surface area contributed by atoms with E-state index in [0.29, 0.717) is 11.4 Å². The molecular formula is C9H9N5O2. The zero-order valence-corrected chi connectivity index (χ0v) is 8.45. The van der Waals surface area contributed by atoms with Gasteiger partial charge in [-0.3, -0.25) is 0 Å². The number of benzene rings is 1. The SMILES string of the molecule is Cn1nnc(-c2ccc(C(=O)O)c(N)c2)n1. The summed E-state index contributed by atoms with van der Waals surface area (Å²) in [6, 6.07) is 4.53. The molecule has 0 unspecified atom stereocenters. The first kappa shape index (κ1) is 10.1. The first-order valence-corrected chi connectivity index (χ1v) is 4.45. The van der Waals surface area contributed by atoms with Gasteiger partial charge in [-0.2, -0.15) is 4.80 Å². The maximum atomic E-state index is 10.7. The summed E-state index contributed by atoms with van der Waals surface area (Å²) in [5.74, 6) is -0.651. The van der Waals surface area contributed by atoms with Crippen molar-refractivity contribution in [3.63, 3.8) is 0 Å². The Balaban J connectivity index is 2.45. The van der Waals surface area contributed by atoms with Crippen LogP contribution in [0.1, 0.15) is 10.4 Å². The van der Waals surface area contributed by atoms with Crippen molar-refractivity contribution in [3.05, 3.63) is 23.8 Å². The highest BCUT2D eigenvalue weighted by Crippen LogP contribution is 2.20. The van der Waals surface area contributed by atoms with Gasteiger partial charge in [-0.15, -0.1) is 10.2 Å². The van der Waals surface area contributed by atoms with Gasteiger partial charge in [0.15, 0.2) is 0 Å². The number of aromatic carboxylic acids is 1. The lowest BCUT2D eigenvalue weighted by Crippen LogP contribution is -2.02. The summed E-state index contributed by atoms with van der Waals surface area (Å²) in [5.41, 5.74) is 6.48. The molecule has 2 rings (SSSR count). The van der Waals surface area contributed by atoms with Crippen molar-refractivity contribution in [3.8, 4) is 11.4 Å². The molecule has 0 spiro atoms. The number of nitrogens with two attached hydrogens (primary N) is 1. The number of carbonyl (C=O) groups is 1. The van der Waals surface area contributed by atoms with E-state index in [9.17, 15) is 4.79 Å². The standard InChI is InChI=1S/C9H9N5O2/c1-14-12-8(11-13-14)5-2-3-6(9(15)16)7(10)4-5/h2-4H,10H2,1H3,(H,15,16). The quantitative estimate of drug-likeness (QED) is 0.696. The van der Waals surface area contributed by atoms with E-state index >= 15 is 0 Å². The molecule has 1 heterocycles. The van der Waals surface area contributed by atoms with E-state index in [-0.39, 0.29) is 11.3 Å². The summed E-state index contributed by atoms with van der Waals surface area (Å²) >= 11 is 0. The minimum absolute atomic E-state index is 0.0626. The van der Waals surface area contributed by atoms with Crippen LogP contribution in [0.3, 0.4) is 0 Å². The summed E-state index contributed by atoms with van der Waals surface area (Å²) in [6.45, 7) is 0. The van der Waals surface area contributed by atoms with Crippen LogP contribution in [0.2, 0.25) is 0 Å². The molecule has 2 aromatic rings. The molecular weight excluding hydrogens is 210 g/mol. The second-order valence-corrected chi connectivity index (χ2v) is 3.21. The van der Waals surface area contributed by atoms with Gasteiger partial charge in [0.05, 0.1) is 12.6 Å². The molecule has 7 nitrogen and oxygen atoms in total. The largest absolute Gasteiger partial charge is 0.478 e. The molecule has 82 valence electrons. The Bertz CT molecular complexity index is 549. The fraction of sp³-hybridized carbons (Fsp3) is 0.111. The third-order valence-electron chi connectivity index (χ3n) is 2.05. The molecule has 0 aliphatic heterocycles. The molecule has 0 amide bonds. The van der Waals surface area contributed by atoms with Crippen molar-refractivity contribution in [2.45, 2.75) is 0 Å². The lowest BCUT2D eigenvalue weighted by Gasteiger charge is -2.01. The average Bonchev–Trinajstić information content (AvgIpc) is 2.64. The summed E-state index contributed by atoms with van der Waals surface area (Å²) in [6.07, 6.45) is 0. The van der Waals surface area contributed by atoms with Crippen molar-refractivity contribution in [2.24, 2.45) is 7.05 Å². The van der Waals surface area contributed by atoms with Gasteiger partial charge in [-0.1, -0.05) is 6.07 Å². The molecule has 3 N–H and O–H groups in total. The summed E-state index contributed by atoms with van der Waals surface area (Å²) in [7, 11) is 1.64. The number of hydrogen-bond acceptors (Lipinski definition) is 5. The number of nitrogen functional groups attached to an aromatic ring is 1. The van der Waals surface area contributed by atoms with Crippen molar-refractivity contribution in [2.75, 3.05) is 5.73 Å². The second-order valence-electron chi connectivity index (χ2n) is 3.21. The monoisotopic (exact) mass is 219 g/mol. The lowest BCUT2D eigenvalue weighted by atomic mass is 10.1. The summed E-state index contributed by atoms with van der Waals surface area (Å²) in [4.78, 5) is 12.1. The zero-order chi connectivity index (χ0) is 11.7. The predicted molar refractivity (Wildman–Crippen MR) is 55.6 cm³/mol. The third kappa shape index (κ3) is 1.70. The minimum Gasteiger partial charge on any atom is -0.478 e. The maximum Gasteiger partial charge on any atom is 0.337 e. The van der Waals surface area contributed by atoms with Gasteiger partial charge in [0.1, 0.15) is 0 Å². The Morgan fingerprint density at radius 2 is 2.25 bits per heavy atom. The first-order valence-electron chi connectivity index (χ1n) is 4.45. The molecule has 0 atom stereocenters. The fourth-order valence-electron chi connectivity index (χ4n) is 1.30. The maximum absolute atomic E-state index is 10.7.